The highest BCUT2D eigenvalue weighted by Gasteiger charge is 2.16. The Labute approximate surface area is 175 Å². The van der Waals surface area contributed by atoms with E-state index >= 15 is 0 Å². The molecule has 0 aliphatic carbocycles. The Morgan fingerprint density at radius 3 is 2.55 bits per heavy atom. The van der Waals surface area contributed by atoms with Gasteiger partial charge in [-0.15, -0.1) is 0 Å². The Kier molecular flexibility index (Phi) is 7.49. The van der Waals surface area contributed by atoms with E-state index in [1.807, 2.05) is 19.1 Å². The number of carbonyl (C=O) groups excluding carboxylic acids is 2. The van der Waals surface area contributed by atoms with Crippen molar-refractivity contribution in [3.8, 4) is 5.75 Å². The van der Waals surface area contributed by atoms with E-state index < -0.39 is 5.97 Å². The number of amides is 1. The van der Waals surface area contributed by atoms with Crippen molar-refractivity contribution in [2.45, 2.75) is 31.9 Å². The van der Waals surface area contributed by atoms with Gasteiger partial charge in [-0.1, -0.05) is 23.7 Å². The first-order valence-electron chi connectivity index (χ1n) is 9.57. The molecular formula is C22H24ClNO5. The lowest BCUT2D eigenvalue weighted by Crippen LogP contribution is -2.31. The minimum absolute atomic E-state index is 0.133. The van der Waals surface area contributed by atoms with Crippen molar-refractivity contribution in [2.24, 2.45) is 0 Å². The molecule has 1 aliphatic heterocycles. The van der Waals surface area contributed by atoms with Crippen LogP contribution < -0.4 is 10.1 Å². The van der Waals surface area contributed by atoms with Gasteiger partial charge in [0.2, 0.25) is 0 Å². The van der Waals surface area contributed by atoms with Crippen LogP contribution in [0.3, 0.4) is 0 Å². The third-order valence-corrected chi connectivity index (χ3v) is 4.88. The van der Waals surface area contributed by atoms with Gasteiger partial charge in [-0.2, -0.15) is 0 Å². The minimum atomic E-state index is -0.565. The minimum Gasteiger partial charge on any atom is -0.491 e. The lowest BCUT2D eigenvalue weighted by Gasteiger charge is -2.14. The fraction of sp³-hybridized carbons (Fsp3) is 0.364. The summed E-state index contributed by atoms with van der Waals surface area (Å²) in [7, 11) is 0. The maximum atomic E-state index is 12.1. The molecule has 1 fully saturated rings. The molecule has 0 unspecified atom stereocenters. The van der Waals surface area contributed by atoms with E-state index in [-0.39, 0.29) is 24.7 Å². The summed E-state index contributed by atoms with van der Waals surface area (Å²) in [6, 6.07) is 13.6. The van der Waals surface area contributed by atoms with Crippen LogP contribution in [0, 0.1) is 0 Å². The van der Waals surface area contributed by atoms with Crippen molar-refractivity contribution in [2.75, 3.05) is 19.8 Å². The molecule has 1 saturated heterocycles. The highest BCUT2D eigenvalue weighted by molar-refractivity contribution is 6.30. The molecule has 0 aromatic heterocycles. The maximum Gasteiger partial charge on any atom is 0.338 e. The number of esters is 1. The van der Waals surface area contributed by atoms with Gasteiger partial charge in [0, 0.05) is 11.6 Å². The summed E-state index contributed by atoms with van der Waals surface area (Å²) in [6.45, 7) is 2.77. The van der Waals surface area contributed by atoms with Gasteiger partial charge in [0.25, 0.3) is 5.91 Å². The summed E-state index contributed by atoms with van der Waals surface area (Å²) < 4.78 is 16.3. The van der Waals surface area contributed by atoms with Crippen molar-refractivity contribution in [3.63, 3.8) is 0 Å². The number of carbonyl (C=O) groups is 2. The molecule has 1 aliphatic rings. The van der Waals surface area contributed by atoms with Crippen LogP contribution in [-0.4, -0.2) is 37.8 Å². The zero-order valence-corrected chi connectivity index (χ0v) is 17.0. The first-order valence-corrected chi connectivity index (χ1v) is 9.95. The van der Waals surface area contributed by atoms with Gasteiger partial charge >= 0.3 is 5.97 Å². The fourth-order valence-electron chi connectivity index (χ4n) is 2.98. The molecule has 29 heavy (non-hydrogen) atoms. The van der Waals surface area contributed by atoms with E-state index in [9.17, 15) is 9.59 Å². The van der Waals surface area contributed by atoms with Crippen LogP contribution >= 0.6 is 11.6 Å². The van der Waals surface area contributed by atoms with Crippen LogP contribution in [-0.2, 0) is 14.3 Å². The Hall–Kier alpha value is -2.57. The zero-order chi connectivity index (χ0) is 20.6. The fourth-order valence-corrected chi connectivity index (χ4v) is 3.11. The standard InChI is InChI=1S/C22H24ClNO5/c1-15(16-4-8-18(23)9-5-16)24-21(25)14-29-22(26)17-6-10-19(11-7-17)28-13-20-3-2-12-27-20/h4-11,15,20H,2-3,12-14H2,1H3,(H,24,25)/t15-,20-/m1/s1. The molecule has 0 bridgehead atoms. The van der Waals surface area contributed by atoms with Crippen LogP contribution in [0.15, 0.2) is 48.5 Å². The molecule has 0 radical (unpaired) electrons. The van der Waals surface area contributed by atoms with Gasteiger partial charge < -0.3 is 19.5 Å². The SMILES string of the molecule is C[C@@H](NC(=O)COC(=O)c1ccc(OC[C@H]2CCCO2)cc1)c1ccc(Cl)cc1. The molecule has 1 heterocycles. The van der Waals surface area contributed by atoms with Crippen molar-refractivity contribution in [1.82, 2.24) is 5.32 Å². The number of benzene rings is 2. The van der Waals surface area contributed by atoms with E-state index in [1.54, 1.807) is 36.4 Å². The Morgan fingerprint density at radius 2 is 1.90 bits per heavy atom. The Balaban J connectivity index is 1.42. The molecule has 1 amide bonds. The second kappa shape index (κ2) is 10.3. The van der Waals surface area contributed by atoms with Crippen molar-refractivity contribution in [3.05, 3.63) is 64.7 Å². The average molecular weight is 418 g/mol. The van der Waals surface area contributed by atoms with Gasteiger partial charge in [0.15, 0.2) is 6.61 Å². The van der Waals surface area contributed by atoms with E-state index in [1.165, 1.54) is 0 Å². The third-order valence-electron chi connectivity index (χ3n) is 4.63. The van der Waals surface area contributed by atoms with Crippen LogP contribution in [0.1, 0.15) is 41.7 Å². The molecule has 1 N–H and O–H groups in total. The predicted molar refractivity (Wildman–Crippen MR) is 109 cm³/mol. The van der Waals surface area contributed by atoms with Crippen LogP contribution in [0.5, 0.6) is 5.75 Å². The summed E-state index contributed by atoms with van der Waals surface area (Å²) in [6.07, 6.45) is 2.20. The van der Waals surface area contributed by atoms with Gasteiger partial charge in [0.05, 0.1) is 17.7 Å². The van der Waals surface area contributed by atoms with E-state index in [0.29, 0.717) is 22.9 Å². The largest absolute Gasteiger partial charge is 0.491 e. The molecule has 7 heteroatoms. The molecule has 2 aromatic carbocycles. The van der Waals surface area contributed by atoms with Gasteiger partial charge in [-0.25, -0.2) is 4.79 Å². The number of nitrogens with one attached hydrogen (secondary N) is 1. The molecule has 2 aromatic rings. The summed E-state index contributed by atoms with van der Waals surface area (Å²) in [5.74, 6) is -0.283. The smallest absolute Gasteiger partial charge is 0.338 e. The monoisotopic (exact) mass is 417 g/mol. The lowest BCUT2D eigenvalue weighted by molar-refractivity contribution is -0.124. The summed E-state index contributed by atoms with van der Waals surface area (Å²) >= 11 is 5.86. The number of hydrogen-bond donors (Lipinski definition) is 1. The molecule has 0 saturated carbocycles. The lowest BCUT2D eigenvalue weighted by atomic mass is 10.1. The number of hydrogen-bond acceptors (Lipinski definition) is 5. The van der Waals surface area contributed by atoms with Crippen LogP contribution in [0.25, 0.3) is 0 Å². The maximum absolute atomic E-state index is 12.1. The molecule has 0 spiro atoms. The second-order valence-corrected chi connectivity index (χ2v) is 7.32. The topological polar surface area (TPSA) is 73.9 Å². The Bertz CT molecular complexity index is 816. The summed E-state index contributed by atoms with van der Waals surface area (Å²) in [5.41, 5.74) is 1.26. The molecule has 2 atom stereocenters. The van der Waals surface area contributed by atoms with Crippen molar-refractivity contribution >= 4 is 23.5 Å². The van der Waals surface area contributed by atoms with E-state index in [0.717, 1.165) is 25.0 Å². The number of ether oxygens (including phenoxy) is 3. The summed E-state index contributed by atoms with van der Waals surface area (Å²) in [5, 5.41) is 3.41. The molecule has 154 valence electrons. The van der Waals surface area contributed by atoms with Crippen molar-refractivity contribution in [1.29, 1.82) is 0 Å². The van der Waals surface area contributed by atoms with Gasteiger partial charge in [-0.05, 0) is 61.7 Å². The molecular weight excluding hydrogens is 394 g/mol. The van der Waals surface area contributed by atoms with Crippen molar-refractivity contribution < 1.29 is 23.8 Å². The second-order valence-electron chi connectivity index (χ2n) is 6.89. The van der Waals surface area contributed by atoms with Gasteiger partial charge in [0.1, 0.15) is 12.4 Å². The zero-order valence-electron chi connectivity index (χ0n) is 16.2. The molecule has 3 rings (SSSR count). The average Bonchev–Trinajstić information content (AvgIpc) is 3.25. The van der Waals surface area contributed by atoms with Gasteiger partial charge in [-0.3, -0.25) is 4.79 Å². The quantitative estimate of drug-likeness (QED) is 0.659. The van der Waals surface area contributed by atoms with E-state index in [4.69, 9.17) is 25.8 Å². The first kappa shape index (κ1) is 21.1. The molecule has 6 nitrogen and oxygen atoms in total. The predicted octanol–water partition coefficient (Wildman–Crippen LogP) is 3.93. The third kappa shape index (κ3) is 6.48. The normalized spacial score (nSPS) is 16.8. The van der Waals surface area contributed by atoms with Crippen LogP contribution in [0.4, 0.5) is 0 Å². The Morgan fingerprint density at radius 1 is 1.17 bits per heavy atom. The van der Waals surface area contributed by atoms with E-state index in [2.05, 4.69) is 5.32 Å². The highest BCUT2D eigenvalue weighted by atomic mass is 35.5. The first-order chi connectivity index (χ1) is 14.0. The number of halogens is 1. The summed E-state index contributed by atoms with van der Waals surface area (Å²) in [4.78, 5) is 24.2. The van der Waals surface area contributed by atoms with Crippen LogP contribution in [0.2, 0.25) is 5.02 Å². The number of rotatable bonds is 8. The highest BCUT2D eigenvalue weighted by Crippen LogP contribution is 2.18.